The summed E-state index contributed by atoms with van der Waals surface area (Å²) in [6.07, 6.45) is -0.325. The van der Waals surface area contributed by atoms with Crippen LogP contribution in [0.2, 0.25) is 5.02 Å². The molecule has 13 heteroatoms. The first-order valence-corrected chi connectivity index (χ1v) is 13.1. The maximum Gasteiger partial charge on any atom is 0.396 e. The number of carbonyl (C=O) groups is 2. The number of aliphatic hydroxyl groups is 1. The topological polar surface area (TPSA) is 98.1 Å². The van der Waals surface area contributed by atoms with Gasteiger partial charge in [-0.15, -0.1) is 6.58 Å². The first-order valence-electron chi connectivity index (χ1n) is 12.7. The van der Waals surface area contributed by atoms with Gasteiger partial charge in [0.25, 0.3) is 0 Å². The quantitative estimate of drug-likeness (QED) is 0.107. The van der Waals surface area contributed by atoms with Gasteiger partial charge in [-0.25, -0.2) is 9.37 Å². The molecular weight excluding hydrogens is 554 g/mol. The monoisotopic (exact) mass is 585 g/mol. The van der Waals surface area contributed by atoms with E-state index in [1.165, 1.54) is 19.2 Å². The van der Waals surface area contributed by atoms with Gasteiger partial charge in [0, 0.05) is 39.1 Å². The lowest BCUT2D eigenvalue weighted by Gasteiger charge is -2.34. The lowest BCUT2D eigenvalue weighted by molar-refractivity contribution is -0.183. The fraction of sp³-hybridized carbons (Fsp3) is 0.481. The number of hydrogen-bond donors (Lipinski definition) is 2. The highest BCUT2D eigenvalue weighted by Gasteiger charge is 2.64. The Kier molecular flexibility index (Phi) is 9.99. The van der Waals surface area contributed by atoms with Crippen molar-refractivity contribution >= 4 is 41.6 Å². The predicted molar refractivity (Wildman–Crippen MR) is 146 cm³/mol. The standard InChI is InChI=1S/C27H32ClF4N5O3/c1-4-5-11-37(17(2)13-34-15-38)24(33-3)18-12-19(28)23(22-20(29)7-6-8-21(22)40)35-25(18)36(16-39)14-26(9-10-26)27(30,31)32/h4,7,12,15-17,40H,1,5-6,8-11,13-14H2,2-3H3,(H,34,38). The van der Waals surface area contributed by atoms with Crippen molar-refractivity contribution in [2.75, 3.05) is 31.6 Å². The number of allylic oxidation sites excluding steroid dienone is 4. The van der Waals surface area contributed by atoms with E-state index in [0.717, 1.165) is 4.90 Å². The van der Waals surface area contributed by atoms with E-state index in [0.29, 0.717) is 19.4 Å². The molecule has 0 saturated heterocycles. The van der Waals surface area contributed by atoms with Crippen LogP contribution in [0.3, 0.4) is 0 Å². The van der Waals surface area contributed by atoms with Crippen molar-refractivity contribution in [3.63, 3.8) is 0 Å². The molecule has 2 aliphatic rings. The zero-order chi connectivity index (χ0) is 29.7. The highest BCUT2D eigenvalue weighted by Crippen LogP contribution is 2.58. The van der Waals surface area contributed by atoms with Gasteiger partial charge < -0.3 is 15.3 Å². The van der Waals surface area contributed by atoms with Gasteiger partial charge in [0.15, 0.2) is 0 Å². The van der Waals surface area contributed by atoms with Crippen LogP contribution in [0.15, 0.2) is 41.4 Å². The van der Waals surface area contributed by atoms with Crippen LogP contribution in [0, 0.1) is 5.41 Å². The largest absolute Gasteiger partial charge is 0.511 e. The minimum atomic E-state index is -4.56. The molecule has 2 N–H and O–H groups in total. The zero-order valence-corrected chi connectivity index (χ0v) is 23.0. The number of aromatic nitrogens is 1. The lowest BCUT2D eigenvalue weighted by Crippen LogP contribution is -2.46. The molecule has 0 aromatic carbocycles. The molecule has 218 valence electrons. The van der Waals surface area contributed by atoms with Gasteiger partial charge in [0.2, 0.25) is 12.8 Å². The number of nitrogens with zero attached hydrogens (tertiary/aromatic N) is 4. The van der Waals surface area contributed by atoms with Crippen molar-refractivity contribution in [2.24, 2.45) is 10.4 Å². The number of alkyl halides is 3. The Labute approximate surface area is 235 Å². The third kappa shape index (κ3) is 6.48. The first kappa shape index (κ1) is 31.1. The summed E-state index contributed by atoms with van der Waals surface area (Å²) >= 11 is 6.57. The number of amides is 2. The Morgan fingerprint density at radius 1 is 1.38 bits per heavy atom. The summed E-state index contributed by atoms with van der Waals surface area (Å²) in [7, 11) is 1.46. The van der Waals surface area contributed by atoms with Crippen LogP contribution in [0.4, 0.5) is 23.4 Å². The zero-order valence-electron chi connectivity index (χ0n) is 22.3. The van der Waals surface area contributed by atoms with Crippen LogP contribution in [0.25, 0.3) is 5.57 Å². The molecule has 1 heterocycles. The van der Waals surface area contributed by atoms with Crippen molar-refractivity contribution in [1.82, 2.24) is 15.2 Å². The predicted octanol–water partition coefficient (Wildman–Crippen LogP) is 5.35. The number of halogens is 5. The van der Waals surface area contributed by atoms with Crippen molar-refractivity contribution in [3.05, 3.63) is 52.7 Å². The highest BCUT2D eigenvalue weighted by atomic mass is 35.5. The lowest BCUT2D eigenvalue weighted by atomic mass is 9.99. The average Bonchev–Trinajstić information content (AvgIpc) is 3.70. The second-order valence-corrected chi connectivity index (χ2v) is 10.2. The van der Waals surface area contributed by atoms with Crippen LogP contribution in [0.1, 0.15) is 50.3 Å². The van der Waals surface area contributed by atoms with Gasteiger partial charge >= 0.3 is 6.18 Å². The van der Waals surface area contributed by atoms with Crippen molar-refractivity contribution in [3.8, 4) is 0 Å². The van der Waals surface area contributed by atoms with Gasteiger partial charge in [-0.1, -0.05) is 17.7 Å². The number of carbonyl (C=O) groups excluding carboxylic acids is 2. The Bertz CT molecular complexity index is 1230. The van der Waals surface area contributed by atoms with Gasteiger partial charge in [-0.2, -0.15) is 13.2 Å². The van der Waals surface area contributed by atoms with Crippen molar-refractivity contribution in [1.29, 1.82) is 0 Å². The van der Waals surface area contributed by atoms with E-state index in [1.54, 1.807) is 17.9 Å². The summed E-state index contributed by atoms with van der Waals surface area (Å²) in [6.45, 7) is 5.39. The number of anilines is 1. The molecule has 2 aliphatic carbocycles. The van der Waals surface area contributed by atoms with E-state index in [-0.39, 0.29) is 83.9 Å². The SMILES string of the molecule is C=CCCN(C(=NC)c1cc(Cl)c(C2=C(O)CCC=C2F)nc1N(C=O)CC1(C(F)(F)F)CC1)C(C)CNC=O. The molecule has 8 nitrogen and oxygen atoms in total. The van der Waals surface area contributed by atoms with Crippen LogP contribution in [-0.2, 0) is 9.59 Å². The molecule has 1 aromatic rings. The molecule has 0 spiro atoms. The maximum absolute atomic E-state index is 14.9. The molecule has 1 saturated carbocycles. The first-order chi connectivity index (χ1) is 18.9. The normalized spacial score (nSPS) is 17.6. The Balaban J connectivity index is 2.24. The molecule has 1 unspecified atom stereocenters. The second-order valence-electron chi connectivity index (χ2n) is 9.81. The van der Waals surface area contributed by atoms with Crippen LogP contribution >= 0.6 is 11.6 Å². The molecule has 0 radical (unpaired) electrons. The number of aliphatic imine (C=N–C) groups is 1. The Hall–Kier alpha value is -3.41. The molecule has 1 aromatic heterocycles. The smallest absolute Gasteiger partial charge is 0.396 e. The summed E-state index contributed by atoms with van der Waals surface area (Å²) in [5.74, 6) is -1.08. The van der Waals surface area contributed by atoms with Gasteiger partial charge in [0.1, 0.15) is 23.2 Å². The van der Waals surface area contributed by atoms with Crippen molar-refractivity contribution in [2.45, 2.75) is 51.2 Å². The maximum atomic E-state index is 14.9. The van der Waals surface area contributed by atoms with Crippen LogP contribution < -0.4 is 10.2 Å². The van der Waals surface area contributed by atoms with Crippen LogP contribution in [0.5, 0.6) is 0 Å². The summed E-state index contributed by atoms with van der Waals surface area (Å²) < 4.78 is 56.6. The van der Waals surface area contributed by atoms with E-state index in [9.17, 15) is 32.3 Å². The molecule has 0 bridgehead atoms. The average molecular weight is 586 g/mol. The Morgan fingerprint density at radius 2 is 2.08 bits per heavy atom. The summed E-state index contributed by atoms with van der Waals surface area (Å²) in [5.41, 5.74) is -2.46. The number of hydrogen-bond acceptors (Lipinski definition) is 5. The highest BCUT2D eigenvalue weighted by molar-refractivity contribution is 6.33. The molecule has 1 fully saturated rings. The molecule has 1 atom stereocenters. The Morgan fingerprint density at radius 3 is 2.60 bits per heavy atom. The minimum absolute atomic E-state index is 0.1000. The van der Waals surface area contributed by atoms with E-state index in [1.807, 2.05) is 0 Å². The van der Waals surface area contributed by atoms with E-state index in [4.69, 9.17) is 11.6 Å². The molecular formula is C27H32ClF4N5O3. The third-order valence-corrected chi connectivity index (χ3v) is 7.37. The number of pyridine rings is 1. The number of nitrogens with one attached hydrogen (secondary N) is 1. The third-order valence-electron chi connectivity index (χ3n) is 7.08. The molecule has 40 heavy (non-hydrogen) atoms. The molecule has 3 rings (SSSR count). The van der Waals surface area contributed by atoms with Crippen molar-refractivity contribution < 1.29 is 32.3 Å². The molecule has 0 aliphatic heterocycles. The van der Waals surface area contributed by atoms with Crippen LogP contribution in [-0.4, -0.2) is 72.5 Å². The van der Waals surface area contributed by atoms with Gasteiger partial charge in [-0.3, -0.25) is 19.5 Å². The van der Waals surface area contributed by atoms with E-state index < -0.39 is 24.0 Å². The van der Waals surface area contributed by atoms with E-state index in [2.05, 4.69) is 21.9 Å². The van der Waals surface area contributed by atoms with Gasteiger partial charge in [0.05, 0.1) is 27.3 Å². The van der Waals surface area contributed by atoms with Gasteiger partial charge in [-0.05, 0) is 44.7 Å². The molecule has 2 amide bonds. The fourth-order valence-corrected chi connectivity index (χ4v) is 4.90. The fourth-order valence-electron chi connectivity index (χ4n) is 4.66. The summed E-state index contributed by atoms with van der Waals surface area (Å²) in [5, 5.41) is 13.0. The minimum Gasteiger partial charge on any atom is -0.511 e. The summed E-state index contributed by atoms with van der Waals surface area (Å²) in [6, 6.07) is 1.00. The number of amidine groups is 1. The number of rotatable bonds is 13. The second kappa shape index (κ2) is 12.8. The summed E-state index contributed by atoms with van der Waals surface area (Å²) in [4.78, 5) is 34.7. The van der Waals surface area contributed by atoms with E-state index >= 15 is 0 Å². The number of aliphatic hydroxyl groups excluding tert-OH is 1.